The van der Waals surface area contributed by atoms with Gasteiger partial charge in [0.2, 0.25) is 5.91 Å². The molecule has 0 aromatic heterocycles. The van der Waals surface area contributed by atoms with Crippen LogP contribution in [0.1, 0.15) is 52.3 Å². The summed E-state index contributed by atoms with van der Waals surface area (Å²) in [4.78, 5) is 14.8. The van der Waals surface area contributed by atoms with E-state index in [2.05, 4.69) is 19.2 Å². The summed E-state index contributed by atoms with van der Waals surface area (Å²) >= 11 is 6.11. The van der Waals surface area contributed by atoms with Gasteiger partial charge in [0, 0.05) is 11.6 Å². The highest BCUT2D eigenvalue weighted by molar-refractivity contribution is 6.30. The molecule has 3 nitrogen and oxygen atoms in total. The molecule has 0 spiro atoms. The Morgan fingerprint density at radius 3 is 2.71 bits per heavy atom. The molecule has 1 heterocycles. The number of halogens is 1. The van der Waals surface area contributed by atoms with Gasteiger partial charge in [-0.05, 0) is 37.0 Å². The first-order valence-corrected chi connectivity index (χ1v) is 8.13. The minimum atomic E-state index is -0.486. The Bertz CT molecular complexity index is 519. The number of benzene rings is 1. The Morgan fingerprint density at radius 1 is 1.43 bits per heavy atom. The molecule has 0 radical (unpaired) electrons. The van der Waals surface area contributed by atoms with Crippen molar-refractivity contribution in [2.24, 2.45) is 5.92 Å². The van der Waals surface area contributed by atoms with Crippen LogP contribution in [0.2, 0.25) is 5.02 Å². The molecule has 3 atom stereocenters. The van der Waals surface area contributed by atoms with E-state index in [0.717, 1.165) is 24.9 Å². The summed E-state index contributed by atoms with van der Waals surface area (Å²) < 4.78 is 0. The molecular weight excluding hydrogens is 284 g/mol. The minimum absolute atomic E-state index is 0.0878. The van der Waals surface area contributed by atoms with Crippen molar-refractivity contribution in [3.05, 3.63) is 34.9 Å². The van der Waals surface area contributed by atoms with Gasteiger partial charge in [-0.2, -0.15) is 0 Å². The van der Waals surface area contributed by atoms with E-state index in [1.807, 2.05) is 43.0 Å². The van der Waals surface area contributed by atoms with Crippen molar-refractivity contribution in [2.45, 2.75) is 52.2 Å². The van der Waals surface area contributed by atoms with Gasteiger partial charge in [-0.3, -0.25) is 10.1 Å². The summed E-state index contributed by atoms with van der Waals surface area (Å²) in [5.74, 6) is 0.673. The summed E-state index contributed by atoms with van der Waals surface area (Å²) in [5.41, 5.74) is 0.566. The molecular formula is C17H25ClN2O. The first-order valence-electron chi connectivity index (χ1n) is 7.75. The van der Waals surface area contributed by atoms with Crippen molar-refractivity contribution >= 4 is 17.5 Å². The molecule has 0 aliphatic carbocycles. The van der Waals surface area contributed by atoms with E-state index in [1.165, 1.54) is 0 Å². The SMILES string of the molecule is CCC(C)CN1C(=O)C(C)(CC)NC1c1cccc(Cl)c1. The quantitative estimate of drug-likeness (QED) is 0.892. The maximum Gasteiger partial charge on any atom is 0.244 e. The lowest BCUT2D eigenvalue weighted by molar-refractivity contribution is -0.133. The van der Waals surface area contributed by atoms with Crippen LogP contribution in [-0.4, -0.2) is 22.9 Å². The van der Waals surface area contributed by atoms with Crippen molar-refractivity contribution in [2.75, 3.05) is 6.54 Å². The van der Waals surface area contributed by atoms with Gasteiger partial charge in [0.1, 0.15) is 6.17 Å². The topological polar surface area (TPSA) is 32.3 Å². The van der Waals surface area contributed by atoms with Gasteiger partial charge in [0.05, 0.1) is 5.54 Å². The van der Waals surface area contributed by atoms with Crippen molar-refractivity contribution in [1.82, 2.24) is 10.2 Å². The van der Waals surface area contributed by atoms with Gasteiger partial charge in [-0.15, -0.1) is 0 Å². The maximum atomic E-state index is 12.8. The third-order valence-electron chi connectivity index (χ3n) is 4.58. The Hall–Kier alpha value is -1.06. The second-order valence-electron chi connectivity index (χ2n) is 6.26. The Balaban J connectivity index is 2.34. The van der Waals surface area contributed by atoms with E-state index in [4.69, 9.17) is 11.6 Å². The predicted octanol–water partition coefficient (Wildman–Crippen LogP) is 3.99. The molecule has 2 rings (SSSR count). The maximum absolute atomic E-state index is 12.8. The molecule has 1 aromatic carbocycles. The first kappa shape index (κ1) is 16.3. The summed E-state index contributed by atoms with van der Waals surface area (Å²) in [6.07, 6.45) is 1.75. The van der Waals surface area contributed by atoms with Crippen molar-refractivity contribution in [1.29, 1.82) is 0 Å². The normalized spacial score (nSPS) is 27.2. The zero-order chi connectivity index (χ0) is 15.6. The van der Waals surface area contributed by atoms with E-state index in [9.17, 15) is 4.79 Å². The van der Waals surface area contributed by atoms with Crippen LogP contribution in [0.3, 0.4) is 0 Å². The predicted molar refractivity (Wildman–Crippen MR) is 87.2 cm³/mol. The van der Waals surface area contributed by atoms with Crippen LogP contribution >= 0.6 is 11.6 Å². The Labute approximate surface area is 132 Å². The fourth-order valence-electron chi connectivity index (χ4n) is 2.72. The number of amides is 1. The second-order valence-corrected chi connectivity index (χ2v) is 6.69. The standard InChI is InChI=1S/C17H25ClN2O/c1-5-12(3)11-20-15(13-8-7-9-14(18)10-13)19-17(4,6-2)16(20)21/h7-10,12,15,19H,5-6,11H2,1-4H3. The highest BCUT2D eigenvalue weighted by Crippen LogP contribution is 2.34. The van der Waals surface area contributed by atoms with E-state index in [1.54, 1.807) is 0 Å². The number of carbonyl (C=O) groups is 1. The van der Waals surface area contributed by atoms with Gasteiger partial charge >= 0.3 is 0 Å². The highest BCUT2D eigenvalue weighted by Gasteiger charge is 2.47. The van der Waals surface area contributed by atoms with Gasteiger partial charge in [0.15, 0.2) is 0 Å². The van der Waals surface area contributed by atoms with Crippen LogP contribution in [0.4, 0.5) is 0 Å². The fraction of sp³-hybridized carbons (Fsp3) is 0.588. The number of rotatable bonds is 5. The average molecular weight is 309 g/mol. The monoisotopic (exact) mass is 308 g/mol. The van der Waals surface area contributed by atoms with Crippen LogP contribution in [0, 0.1) is 5.92 Å². The van der Waals surface area contributed by atoms with Crippen LogP contribution in [0.15, 0.2) is 24.3 Å². The smallest absolute Gasteiger partial charge is 0.244 e. The van der Waals surface area contributed by atoms with E-state index in [-0.39, 0.29) is 12.1 Å². The van der Waals surface area contributed by atoms with Gasteiger partial charge in [0.25, 0.3) is 0 Å². The molecule has 1 amide bonds. The molecule has 4 heteroatoms. The molecule has 1 aromatic rings. The van der Waals surface area contributed by atoms with Gasteiger partial charge < -0.3 is 4.90 Å². The van der Waals surface area contributed by atoms with E-state index < -0.39 is 5.54 Å². The van der Waals surface area contributed by atoms with Crippen LogP contribution in [0.5, 0.6) is 0 Å². The highest BCUT2D eigenvalue weighted by atomic mass is 35.5. The molecule has 0 saturated carbocycles. The first-order chi connectivity index (χ1) is 9.91. The lowest BCUT2D eigenvalue weighted by Crippen LogP contribution is -2.43. The molecule has 116 valence electrons. The lowest BCUT2D eigenvalue weighted by Gasteiger charge is -2.27. The lowest BCUT2D eigenvalue weighted by atomic mass is 9.99. The van der Waals surface area contributed by atoms with Crippen LogP contribution in [-0.2, 0) is 4.79 Å². The number of hydrogen-bond donors (Lipinski definition) is 1. The Morgan fingerprint density at radius 2 is 2.14 bits per heavy atom. The van der Waals surface area contributed by atoms with Gasteiger partial charge in [-0.25, -0.2) is 0 Å². The number of hydrogen-bond acceptors (Lipinski definition) is 2. The van der Waals surface area contributed by atoms with E-state index >= 15 is 0 Å². The largest absolute Gasteiger partial charge is 0.321 e. The molecule has 3 unspecified atom stereocenters. The van der Waals surface area contributed by atoms with Crippen LogP contribution in [0.25, 0.3) is 0 Å². The van der Waals surface area contributed by atoms with E-state index in [0.29, 0.717) is 10.9 Å². The summed E-state index contributed by atoms with van der Waals surface area (Å²) in [6.45, 7) is 9.15. The average Bonchev–Trinajstić information content (AvgIpc) is 2.73. The molecule has 1 saturated heterocycles. The zero-order valence-electron chi connectivity index (χ0n) is 13.3. The number of nitrogens with zero attached hydrogens (tertiary/aromatic N) is 1. The number of nitrogens with one attached hydrogen (secondary N) is 1. The fourth-order valence-corrected chi connectivity index (χ4v) is 2.92. The van der Waals surface area contributed by atoms with Crippen LogP contribution < -0.4 is 5.32 Å². The molecule has 1 N–H and O–H groups in total. The van der Waals surface area contributed by atoms with Gasteiger partial charge in [-0.1, -0.05) is 50.9 Å². The number of carbonyl (C=O) groups excluding carboxylic acids is 1. The molecule has 1 aliphatic heterocycles. The Kier molecular flexibility index (Phi) is 4.95. The summed E-state index contributed by atoms with van der Waals surface area (Å²) in [5, 5.41) is 4.21. The molecule has 21 heavy (non-hydrogen) atoms. The van der Waals surface area contributed by atoms with Crippen molar-refractivity contribution in [3.8, 4) is 0 Å². The third kappa shape index (κ3) is 3.24. The van der Waals surface area contributed by atoms with Crippen molar-refractivity contribution in [3.63, 3.8) is 0 Å². The molecule has 1 aliphatic rings. The zero-order valence-corrected chi connectivity index (χ0v) is 14.1. The van der Waals surface area contributed by atoms with Crippen molar-refractivity contribution < 1.29 is 4.79 Å². The second kappa shape index (κ2) is 6.37. The molecule has 0 bridgehead atoms. The third-order valence-corrected chi connectivity index (χ3v) is 4.81. The summed E-state index contributed by atoms with van der Waals surface area (Å²) in [7, 11) is 0. The minimum Gasteiger partial charge on any atom is -0.321 e. The molecule has 1 fully saturated rings. The summed E-state index contributed by atoms with van der Waals surface area (Å²) in [6, 6.07) is 7.77.